The van der Waals surface area contributed by atoms with Crippen LogP contribution >= 0.6 is 0 Å². The SMILES string of the molecule is Cn1nc(Cc2cccc(F)c2)cc1CO. The highest BCUT2D eigenvalue weighted by atomic mass is 19.1. The molecule has 0 saturated carbocycles. The maximum atomic E-state index is 13.0. The Labute approximate surface area is 93.2 Å². The van der Waals surface area contributed by atoms with Gasteiger partial charge in [-0.2, -0.15) is 5.10 Å². The van der Waals surface area contributed by atoms with Crippen molar-refractivity contribution in [2.75, 3.05) is 0 Å². The van der Waals surface area contributed by atoms with Crippen LogP contribution in [0.5, 0.6) is 0 Å². The van der Waals surface area contributed by atoms with Crippen LogP contribution in [-0.2, 0) is 20.1 Å². The third-order valence-electron chi connectivity index (χ3n) is 2.46. The molecule has 0 fully saturated rings. The molecule has 0 bridgehead atoms. The molecule has 0 aliphatic carbocycles. The van der Waals surface area contributed by atoms with Crippen LogP contribution in [0.1, 0.15) is 17.0 Å². The minimum atomic E-state index is -0.240. The number of aliphatic hydroxyl groups is 1. The van der Waals surface area contributed by atoms with Crippen molar-refractivity contribution in [3.63, 3.8) is 0 Å². The van der Waals surface area contributed by atoms with Gasteiger partial charge in [0.2, 0.25) is 0 Å². The summed E-state index contributed by atoms with van der Waals surface area (Å²) in [6.07, 6.45) is 0.575. The van der Waals surface area contributed by atoms with E-state index in [1.165, 1.54) is 12.1 Å². The lowest BCUT2D eigenvalue weighted by atomic mass is 10.1. The number of nitrogens with zero attached hydrogens (tertiary/aromatic N) is 2. The summed E-state index contributed by atoms with van der Waals surface area (Å²) < 4.78 is 14.6. The molecular formula is C12H13FN2O. The second-order valence-electron chi connectivity index (χ2n) is 3.72. The van der Waals surface area contributed by atoms with Crippen LogP contribution < -0.4 is 0 Å². The Kier molecular flexibility index (Phi) is 3.01. The summed E-state index contributed by atoms with van der Waals surface area (Å²) in [5.74, 6) is -0.240. The molecular weight excluding hydrogens is 207 g/mol. The molecule has 1 N–H and O–H groups in total. The molecule has 1 heterocycles. The first-order chi connectivity index (χ1) is 7.69. The quantitative estimate of drug-likeness (QED) is 0.854. The van der Waals surface area contributed by atoms with Gasteiger partial charge in [-0.3, -0.25) is 4.68 Å². The van der Waals surface area contributed by atoms with Gasteiger partial charge in [-0.15, -0.1) is 0 Å². The van der Waals surface area contributed by atoms with Crippen molar-refractivity contribution in [1.82, 2.24) is 9.78 Å². The van der Waals surface area contributed by atoms with Crippen molar-refractivity contribution in [3.8, 4) is 0 Å². The predicted octanol–water partition coefficient (Wildman–Crippen LogP) is 1.64. The fourth-order valence-electron chi connectivity index (χ4n) is 1.66. The summed E-state index contributed by atoms with van der Waals surface area (Å²) >= 11 is 0. The van der Waals surface area contributed by atoms with Gasteiger partial charge in [-0.1, -0.05) is 12.1 Å². The zero-order valence-corrected chi connectivity index (χ0v) is 9.02. The first-order valence-corrected chi connectivity index (χ1v) is 5.06. The molecule has 3 nitrogen and oxygen atoms in total. The number of rotatable bonds is 3. The highest BCUT2D eigenvalue weighted by Gasteiger charge is 2.05. The summed E-state index contributed by atoms with van der Waals surface area (Å²) in [4.78, 5) is 0. The molecule has 1 aromatic carbocycles. The Morgan fingerprint density at radius 1 is 1.38 bits per heavy atom. The van der Waals surface area contributed by atoms with Gasteiger partial charge in [-0.25, -0.2) is 4.39 Å². The van der Waals surface area contributed by atoms with Crippen molar-refractivity contribution < 1.29 is 9.50 Å². The van der Waals surface area contributed by atoms with Crippen molar-refractivity contribution in [2.24, 2.45) is 7.05 Å². The van der Waals surface area contributed by atoms with E-state index in [1.807, 2.05) is 12.1 Å². The lowest BCUT2D eigenvalue weighted by molar-refractivity contribution is 0.270. The summed E-state index contributed by atoms with van der Waals surface area (Å²) in [7, 11) is 1.78. The lowest BCUT2D eigenvalue weighted by Crippen LogP contribution is -1.97. The molecule has 4 heteroatoms. The van der Waals surface area contributed by atoms with Crippen LogP contribution in [0.25, 0.3) is 0 Å². The number of benzene rings is 1. The van der Waals surface area contributed by atoms with E-state index in [0.29, 0.717) is 6.42 Å². The van der Waals surface area contributed by atoms with Gasteiger partial charge in [0.05, 0.1) is 18.0 Å². The Bertz CT molecular complexity index is 494. The number of hydrogen-bond acceptors (Lipinski definition) is 2. The van der Waals surface area contributed by atoms with Gasteiger partial charge in [0, 0.05) is 13.5 Å². The minimum absolute atomic E-state index is 0.0351. The standard InChI is InChI=1S/C12H13FN2O/c1-15-12(8-16)7-11(14-15)6-9-3-2-4-10(13)5-9/h2-5,7,16H,6,8H2,1H3. The maximum Gasteiger partial charge on any atom is 0.123 e. The third kappa shape index (κ3) is 2.28. The Morgan fingerprint density at radius 2 is 2.19 bits per heavy atom. The average Bonchev–Trinajstić information content (AvgIpc) is 2.58. The van der Waals surface area contributed by atoms with Crippen LogP contribution in [0.15, 0.2) is 30.3 Å². The molecule has 0 unspecified atom stereocenters. The van der Waals surface area contributed by atoms with E-state index in [4.69, 9.17) is 5.11 Å². The molecule has 0 amide bonds. The predicted molar refractivity (Wildman–Crippen MR) is 58.3 cm³/mol. The second kappa shape index (κ2) is 4.45. The van der Waals surface area contributed by atoms with E-state index >= 15 is 0 Å². The number of aromatic nitrogens is 2. The fourth-order valence-corrected chi connectivity index (χ4v) is 1.66. The monoisotopic (exact) mass is 220 g/mol. The smallest absolute Gasteiger partial charge is 0.123 e. The van der Waals surface area contributed by atoms with Crippen molar-refractivity contribution >= 4 is 0 Å². The molecule has 0 aliphatic heterocycles. The molecule has 1 aromatic heterocycles. The Hall–Kier alpha value is -1.68. The molecule has 0 aliphatic rings. The zero-order valence-electron chi connectivity index (χ0n) is 9.02. The largest absolute Gasteiger partial charge is 0.390 e. The maximum absolute atomic E-state index is 13.0. The van der Waals surface area contributed by atoms with E-state index in [9.17, 15) is 4.39 Å². The van der Waals surface area contributed by atoms with Crippen molar-refractivity contribution in [3.05, 3.63) is 53.1 Å². The average molecular weight is 220 g/mol. The number of aliphatic hydroxyl groups excluding tert-OH is 1. The Morgan fingerprint density at radius 3 is 2.81 bits per heavy atom. The zero-order chi connectivity index (χ0) is 11.5. The molecule has 16 heavy (non-hydrogen) atoms. The van der Waals surface area contributed by atoms with Gasteiger partial charge >= 0.3 is 0 Å². The van der Waals surface area contributed by atoms with Crippen LogP contribution in [0, 0.1) is 5.82 Å². The minimum Gasteiger partial charge on any atom is -0.390 e. The third-order valence-corrected chi connectivity index (χ3v) is 2.46. The van der Waals surface area contributed by atoms with Crippen molar-refractivity contribution in [2.45, 2.75) is 13.0 Å². The van der Waals surface area contributed by atoms with Crippen LogP contribution in [0.3, 0.4) is 0 Å². The molecule has 0 saturated heterocycles. The highest BCUT2D eigenvalue weighted by Crippen LogP contribution is 2.11. The topological polar surface area (TPSA) is 38.0 Å². The normalized spacial score (nSPS) is 10.7. The molecule has 0 atom stereocenters. The van der Waals surface area contributed by atoms with Crippen LogP contribution in [-0.4, -0.2) is 14.9 Å². The van der Waals surface area contributed by atoms with Crippen LogP contribution in [0.2, 0.25) is 0 Å². The number of halogens is 1. The summed E-state index contributed by atoms with van der Waals surface area (Å²) in [6.45, 7) is -0.0351. The molecule has 2 rings (SSSR count). The Balaban J connectivity index is 2.20. The van der Waals surface area contributed by atoms with E-state index in [-0.39, 0.29) is 12.4 Å². The van der Waals surface area contributed by atoms with Gasteiger partial charge in [-0.05, 0) is 23.8 Å². The molecule has 0 spiro atoms. The molecule has 84 valence electrons. The van der Waals surface area contributed by atoms with E-state index in [2.05, 4.69) is 5.10 Å². The highest BCUT2D eigenvalue weighted by molar-refractivity contribution is 5.23. The van der Waals surface area contributed by atoms with E-state index in [0.717, 1.165) is 17.0 Å². The van der Waals surface area contributed by atoms with Gasteiger partial charge < -0.3 is 5.11 Å². The number of aryl methyl sites for hydroxylation is 1. The van der Waals surface area contributed by atoms with Gasteiger partial charge in [0.25, 0.3) is 0 Å². The first kappa shape index (κ1) is 10.8. The van der Waals surface area contributed by atoms with Crippen molar-refractivity contribution in [1.29, 1.82) is 0 Å². The molecule has 2 aromatic rings. The first-order valence-electron chi connectivity index (χ1n) is 5.06. The second-order valence-corrected chi connectivity index (χ2v) is 3.72. The van der Waals surface area contributed by atoms with E-state index < -0.39 is 0 Å². The van der Waals surface area contributed by atoms with Gasteiger partial charge in [0.1, 0.15) is 5.82 Å². The van der Waals surface area contributed by atoms with E-state index in [1.54, 1.807) is 17.8 Å². The molecule has 0 radical (unpaired) electrons. The summed E-state index contributed by atoms with van der Waals surface area (Å²) in [6, 6.07) is 8.27. The van der Waals surface area contributed by atoms with Gasteiger partial charge in [0.15, 0.2) is 0 Å². The lowest BCUT2D eigenvalue weighted by Gasteiger charge is -1.97. The number of hydrogen-bond donors (Lipinski definition) is 1. The fraction of sp³-hybridized carbons (Fsp3) is 0.250. The summed E-state index contributed by atoms with van der Waals surface area (Å²) in [5.41, 5.74) is 2.46. The van der Waals surface area contributed by atoms with Crippen LogP contribution in [0.4, 0.5) is 4.39 Å². The summed E-state index contributed by atoms with van der Waals surface area (Å²) in [5, 5.41) is 13.3.